The van der Waals surface area contributed by atoms with Gasteiger partial charge in [-0.1, -0.05) is 216 Å². The van der Waals surface area contributed by atoms with Crippen molar-refractivity contribution in [3.8, 4) is 0 Å². The molecule has 0 fully saturated rings. The Morgan fingerprint density at radius 1 is 0.536 bits per heavy atom. The number of carbonyl (C=O) groups excluding carboxylic acids is 2. The lowest BCUT2D eigenvalue weighted by atomic mass is 10.1. The molecule has 0 bridgehead atoms. The van der Waals surface area contributed by atoms with E-state index in [4.69, 9.17) is 13.8 Å². The number of hydrogen-bond donors (Lipinski definition) is 1. The van der Waals surface area contributed by atoms with Gasteiger partial charge in [0, 0.05) is 12.8 Å². The minimum atomic E-state index is -4.70. The van der Waals surface area contributed by atoms with Crippen LogP contribution in [0.25, 0.3) is 0 Å². The smallest absolute Gasteiger partial charge is 0.306 e. The highest BCUT2D eigenvalue weighted by molar-refractivity contribution is 7.45. The molecule has 0 saturated carbocycles. The number of nitrogens with one attached hydrogen (secondary N) is 1. The molecule has 400 valence electrons. The molecule has 10 heteroatoms. The molecule has 69 heavy (non-hydrogen) atoms. The molecule has 0 saturated heterocycles. The fourth-order valence-corrected chi connectivity index (χ4v) is 8.51. The zero-order valence-electron chi connectivity index (χ0n) is 45.5. The number of rotatable bonds is 50. The fourth-order valence-electron chi connectivity index (χ4n) is 7.79. The van der Waals surface area contributed by atoms with E-state index in [1.54, 1.807) is 0 Å². The van der Waals surface area contributed by atoms with E-state index in [1.807, 2.05) is 33.3 Å². The van der Waals surface area contributed by atoms with E-state index in [9.17, 15) is 19.0 Å². The lowest BCUT2D eigenvalue weighted by molar-refractivity contribution is -0.870. The molecule has 0 radical (unpaired) electrons. The molecule has 0 aliphatic rings. The van der Waals surface area contributed by atoms with Gasteiger partial charge < -0.3 is 28.5 Å². The Balaban J connectivity index is 5.35. The number of esters is 1. The highest BCUT2D eigenvalue weighted by Crippen LogP contribution is 2.38. The Kier molecular flexibility index (Phi) is 47.2. The van der Waals surface area contributed by atoms with Gasteiger partial charge in [-0.15, -0.1) is 0 Å². The molecule has 0 aromatic heterocycles. The van der Waals surface area contributed by atoms with E-state index >= 15 is 0 Å². The van der Waals surface area contributed by atoms with Crippen molar-refractivity contribution >= 4 is 19.7 Å². The second-order valence-corrected chi connectivity index (χ2v) is 21.5. The molecule has 3 unspecified atom stereocenters. The third kappa shape index (κ3) is 50.2. The second kappa shape index (κ2) is 49.0. The van der Waals surface area contributed by atoms with Crippen molar-refractivity contribution in [1.82, 2.24) is 5.32 Å². The Labute approximate surface area is 425 Å². The van der Waals surface area contributed by atoms with E-state index in [-0.39, 0.29) is 24.9 Å². The summed E-state index contributed by atoms with van der Waals surface area (Å²) in [5.74, 6) is -0.567. The van der Waals surface area contributed by atoms with Crippen LogP contribution in [0.1, 0.15) is 239 Å². The number of quaternary nitrogens is 1. The number of amides is 1. The summed E-state index contributed by atoms with van der Waals surface area (Å²) in [4.78, 5) is 39.8. The van der Waals surface area contributed by atoms with Crippen LogP contribution in [-0.4, -0.2) is 69.4 Å². The number of phosphoric ester groups is 1. The molecule has 0 aromatic rings. The average molecular weight is 987 g/mol. The monoisotopic (exact) mass is 987 g/mol. The first-order valence-corrected chi connectivity index (χ1v) is 29.7. The first kappa shape index (κ1) is 66.5. The number of likely N-dealkylation sites (N-methyl/N-ethyl adjacent to an activating group) is 1. The zero-order chi connectivity index (χ0) is 50.8. The molecule has 1 amide bonds. The molecule has 0 heterocycles. The minimum Gasteiger partial charge on any atom is -0.756 e. The summed E-state index contributed by atoms with van der Waals surface area (Å²) in [6.07, 6.45) is 61.5. The summed E-state index contributed by atoms with van der Waals surface area (Å²) in [5.41, 5.74) is 0. The number of unbranched alkanes of at least 4 members (excludes halogenated alkanes) is 26. The van der Waals surface area contributed by atoms with Crippen LogP contribution in [0.5, 0.6) is 0 Å². The quantitative estimate of drug-likeness (QED) is 0.0161. The van der Waals surface area contributed by atoms with Crippen molar-refractivity contribution in [2.24, 2.45) is 0 Å². The second-order valence-electron chi connectivity index (χ2n) is 20.1. The molecule has 1 N–H and O–H groups in total. The lowest BCUT2D eigenvalue weighted by Gasteiger charge is -2.30. The summed E-state index contributed by atoms with van der Waals surface area (Å²) in [5, 5.41) is 3.01. The summed E-state index contributed by atoms with van der Waals surface area (Å²) < 4.78 is 30.2. The van der Waals surface area contributed by atoms with Gasteiger partial charge in [-0.3, -0.25) is 14.2 Å². The molecule has 0 aromatic carbocycles. The van der Waals surface area contributed by atoms with Crippen molar-refractivity contribution in [3.63, 3.8) is 0 Å². The lowest BCUT2D eigenvalue weighted by Crippen LogP contribution is -2.47. The van der Waals surface area contributed by atoms with Crippen LogP contribution < -0.4 is 10.2 Å². The van der Waals surface area contributed by atoms with Crippen LogP contribution in [0.4, 0.5) is 0 Å². The standard InChI is InChI=1S/C59H107N2O7P/c1-7-10-13-16-19-22-25-27-29-30-32-34-37-40-43-46-49-52-59(63)68-57(50-47-44-41-38-35-24-21-18-15-12-9-3)56(55-67-69(64,65)66-54-53-61(4,5)6)60-58(62)51-48-45-42-39-36-33-31-28-26-23-20-17-14-11-8-2/h11,14,17,19-20,22-23,26-27,29,47,50,56-57H,7-10,12-13,15-16,18,21,24-25,28,30-46,48-49,51-55H2,1-6H3,(H-,60,62,64,65)/b14-11+,20-17+,22-19-,26-23+,29-27-,50-47+. The number of hydrogen-bond acceptors (Lipinski definition) is 7. The van der Waals surface area contributed by atoms with E-state index in [2.05, 4.69) is 86.8 Å². The average Bonchev–Trinajstić information content (AvgIpc) is 3.31. The Morgan fingerprint density at radius 2 is 0.986 bits per heavy atom. The van der Waals surface area contributed by atoms with Crippen LogP contribution >= 0.6 is 7.82 Å². The van der Waals surface area contributed by atoms with E-state index in [0.29, 0.717) is 17.4 Å². The molecule has 0 aliphatic heterocycles. The molecule has 0 rings (SSSR count). The Hall–Kier alpha value is -2.55. The van der Waals surface area contributed by atoms with Crippen LogP contribution in [-0.2, 0) is 27.9 Å². The maximum Gasteiger partial charge on any atom is 0.306 e. The highest BCUT2D eigenvalue weighted by atomic mass is 31.2. The van der Waals surface area contributed by atoms with Crippen molar-refractivity contribution in [3.05, 3.63) is 72.9 Å². The number of allylic oxidation sites excluding steroid dienone is 11. The van der Waals surface area contributed by atoms with Crippen molar-refractivity contribution in [1.29, 1.82) is 0 Å². The van der Waals surface area contributed by atoms with E-state index in [1.165, 1.54) is 109 Å². The van der Waals surface area contributed by atoms with Crippen LogP contribution in [0, 0.1) is 0 Å². The molecular formula is C59H107N2O7P. The first-order chi connectivity index (χ1) is 33.4. The SMILES string of the molecule is CC/C=C/C=C/C=C/CCCCCCCCCC(=O)NC(COP(=O)([O-])OCC[N+](C)(C)C)C(/C=C/CCCCCCCCCCC)OC(=O)CCCCCCCCC/C=C\C/C=C\CCCCC. The third-order valence-corrected chi connectivity index (χ3v) is 13.1. The third-order valence-electron chi connectivity index (χ3n) is 12.2. The van der Waals surface area contributed by atoms with Crippen molar-refractivity contribution < 1.29 is 37.3 Å². The van der Waals surface area contributed by atoms with Crippen molar-refractivity contribution in [2.75, 3.05) is 40.9 Å². The number of carbonyl (C=O) groups is 2. The molecule has 0 aliphatic carbocycles. The van der Waals surface area contributed by atoms with Crippen LogP contribution in [0.15, 0.2) is 72.9 Å². The Morgan fingerprint density at radius 3 is 1.52 bits per heavy atom. The van der Waals surface area contributed by atoms with Gasteiger partial charge in [0.1, 0.15) is 19.3 Å². The first-order valence-electron chi connectivity index (χ1n) is 28.3. The van der Waals surface area contributed by atoms with Gasteiger partial charge in [0.2, 0.25) is 5.91 Å². The largest absolute Gasteiger partial charge is 0.756 e. The number of phosphoric acid groups is 1. The van der Waals surface area contributed by atoms with Gasteiger partial charge in [0.05, 0.1) is 33.8 Å². The maximum absolute atomic E-state index is 13.5. The maximum atomic E-state index is 13.5. The fraction of sp³-hybridized carbons (Fsp3) is 0.763. The van der Waals surface area contributed by atoms with E-state index < -0.39 is 26.6 Å². The summed E-state index contributed by atoms with van der Waals surface area (Å²) in [6.45, 7) is 6.66. The summed E-state index contributed by atoms with van der Waals surface area (Å²) >= 11 is 0. The van der Waals surface area contributed by atoms with Crippen LogP contribution in [0.3, 0.4) is 0 Å². The normalized spacial score (nSPS) is 14.4. The minimum absolute atomic E-state index is 0.0289. The molecule has 9 nitrogen and oxygen atoms in total. The molecule has 0 spiro atoms. The van der Waals surface area contributed by atoms with Gasteiger partial charge in [-0.25, -0.2) is 0 Å². The molecule has 3 atom stereocenters. The number of nitrogens with zero attached hydrogens (tertiary/aromatic N) is 1. The topological polar surface area (TPSA) is 114 Å². The predicted octanol–water partition coefficient (Wildman–Crippen LogP) is 16.3. The zero-order valence-corrected chi connectivity index (χ0v) is 46.4. The molecular weight excluding hydrogens is 880 g/mol. The van der Waals surface area contributed by atoms with Gasteiger partial charge in [0.15, 0.2) is 0 Å². The van der Waals surface area contributed by atoms with Gasteiger partial charge in [0.25, 0.3) is 7.82 Å². The van der Waals surface area contributed by atoms with Gasteiger partial charge >= 0.3 is 5.97 Å². The van der Waals surface area contributed by atoms with Crippen molar-refractivity contribution in [2.45, 2.75) is 251 Å². The van der Waals surface area contributed by atoms with Gasteiger partial charge in [-0.05, 0) is 83.1 Å². The summed E-state index contributed by atoms with van der Waals surface area (Å²) in [7, 11) is 1.16. The van der Waals surface area contributed by atoms with E-state index in [0.717, 1.165) is 96.3 Å². The highest BCUT2D eigenvalue weighted by Gasteiger charge is 2.27. The van der Waals surface area contributed by atoms with Crippen LogP contribution in [0.2, 0.25) is 0 Å². The van der Waals surface area contributed by atoms with Gasteiger partial charge in [-0.2, -0.15) is 0 Å². The summed E-state index contributed by atoms with van der Waals surface area (Å²) in [6, 6.07) is -0.899. The number of ether oxygens (including phenoxy) is 1. The predicted molar refractivity (Wildman–Crippen MR) is 293 cm³/mol. The Bertz CT molecular complexity index is 1420.